The van der Waals surface area contributed by atoms with Crippen LogP contribution in [0.5, 0.6) is 5.75 Å². The number of carbonyl (C=O) groups excluding carboxylic acids is 3. The van der Waals surface area contributed by atoms with Crippen molar-refractivity contribution >= 4 is 34.0 Å². The molecule has 0 spiro atoms. The lowest BCUT2D eigenvalue weighted by molar-refractivity contribution is -0.141. The normalized spacial score (nSPS) is 30.5. The first kappa shape index (κ1) is 29.1. The summed E-state index contributed by atoms with van der Waals surface area (Å²) in [5, 5.41) is 38.1. The van der Waals surface area contributed by atoms with E-state index in [9.17, 15) is 24.6 Å². The highest BCUT2D eigenvalue weighted by Crippen LogP contribution is 2.54. The maximum atomic E-state index is 14.5. The standard InChI is InChI=1S/C34H40N4O6/c1-38(2)27-23-14-19-13-18-12-17-8-7-16(15-37-20-5-3-4-6-20)11-22(17)28(39)24(18)29(40)25(19)32(44-21-9-10-21)34(23,43)31(35)26(30(27)41)33(36)42/h7-8,11-12,19-21,23,26-27,35,37,39,43H,3-6,9-10,13-15H2,1-2H3,(H2,36,42). The highest BCUT2D eigenvalue weighted by Gasteiger charge is 2.65. The Kier molecular flexibility index (Phi) is 6.95. The van der Waals surface area contributed by atoms with Gasteiger partial charge in [0.2, 0.25) is 5.91 Å². The molecule has 232 valence electrons. The molecular weight excluding hydrogens is 560 g/mol. The molecule has 1 amide bonds. The van der Waals surface area contributed by atoms with E-state index in [0.29, 0.717) is 30.0 Å². The topological polar surface area (TPSA) is 166 Å². The number of carbonyl (C=O) groups is 3. The second kappa shape index (κ2) is 10.5. The Hall–Kier alpha value is -3.60. The molecule has 10 nitrogen and oxygen atoms in total. The van der Waals surface area contributed by atoms with Crippen LogP contribution in [-0.4, -0.2) is 76.2 Å². The zero-order valence-corrected chi connectivity index (χ0v) is 25.2. The molecule has 7 rings (SSSR count). The second-order valence-electron chi connectivity index (χ2n) is 13.6. The Morgan fingerprint density at radius 1 is 1.16 bits per heavy atom. The Morgan fingerprint density at radius 3 is 2.55 bits per heavy atom. The summed E-state index contributed by atoms with van der Waals surface area (Å²) in [7, 11) is 3.39. The number of nitrogens with one attached hydrogen (secondary N) is 2. The number of benzene rings is 2. The number of allylic oxidation sites excluding steroid dienone is 1. The number of aliphatic hydroxyl groups is 1. The van der Waals surface area contributed by atoms with Gasteiger partial charge in [-0.25, -0.2) is 0 Å². The number of fused-ring (bicyclic) bond motifs is 4. The lowest BCUT2D eigenvalue weighted by atomic mass is 9.56. The number of amides is 1. The van der Waals surface area contributed by atoms with E-state index >= 15 is 0 Å². The number of aromatic hydroxyl groups is 1. The average molecular weight is 601 g/mol. The van der Waals surface area contributed by atoms with Crippen LogP contribution < -0.4 is 11.1 Å². The molecule has 0 bridgehead atoms. The van der Waals surface area contributed by atoms with E-state index in [1.54, 1.807) is 19.0 Å². The van der Waals surface area contributed by atoms with Crippen LogP contribution >= 0.6 is 0 Å². The number of likely N-dealkylation sites (N-methyl/N-ethyl adjacent to an activating group) is 1. The lowest BCUT2D eigenvalue weighted by Gasteiger charge is -2.53. The highest BCUT2D eigenvalue weighted by molar-refractivity contribution is 6.26. The van der Waals surface area contributed by atoms with Crippen molar-refractivity contribution in [3.8, 4) is 5.75 Å². The van der Waals surface area contributed by atoms with Gasteiger partial charge in [-0.05, 0) is 81.1 Å². The average Bonchev–Trinajstić information content (AvgIpc) is 3.63. The molecule has 5 unspecified atom stereocenters. The van der Waals surface area contributed by atoms with Crippen LogP contribution in [-0.2, 0) is 27.3 Å². The van der Waals surface area contributed by atoms with Gasteiger partial charge in [0.25, 0.3) is 0 Å². The largest absolute Gasteiger partial charge is 0.507 e. The Labute approximate surface area is 256 Å². The maximum Gasteiger partial charge on any atom is 0.233 e. The number of primary amides is 1. The van der Waals surface area contributed by atoms with Crippen molar-refractivity contribution in [2.24, 2.45) is 23.5 Å². The number of phenolic OH excluding ortho intramolecular Hbond substituents is 1. The van der Waals surface area contributed by atoms with Crippen LogP contribution in [0.2, 0.25) is 0 Å². The summed E-state index contributed by atoms with van der Waals surface area (Å²) in [5.74, 6) is -5.02. The highest BCUT2D eigenvalue weighted by atomic mass is 16.5. The predicted octanol–water partition coefficient (Wildman–Crippen LogP) is 2.75. The summed E-state index contributed by atoms with van der Waals surface area (Å²) in [5.41, 5.74) is 5.03. The maximum absolute atomic E-state index is 14.5. The van der Waals surface area contributed by atoms with Gasteiger partial charge in [0.05, 0.1) is 23.4 Å². The molecule has 0 radical (unpaired) electrons. The van der Waals surface area contributed by atoms with Crippen LogP contribution in [0, 0.1) is 23.2 Å². The molecule has 3 saturated carbocycles. The van der Waals surface area contributed by atoms with Crippen LogP contribution in [0.1, 0.15) is 66.4 Å². The van der Waals surface area contributed by atoms with E-state index in [4.69, 9.17) is 15.9 Å². The van der Waals surface area contributed by atoms with Gasteiger partial charge < -0.3 is 31.4 Å². The first-order valence-corrected chi connectivity index (χ1v) is 15.8. The molecule has 5 aliphatic rings. The second-order valence-corrected chi connectivity index (χ2v) is 13.6. The summed E-state index contributed by atoms with van der Waals surface area (Å²) >= 11 is 0. The minimum Gasteiger partial charge on any atom is -0.507 e. The molecule has 0 heterocycles. The zero-order valence-electron chi connectivity index (χ0n) is 25.2. The van der Waals surface area contributed by atoms with E-state index in [1.807, 2.05) is 24.3 Å². The quantitative estimate of drug-likeness (QED) is 0.303. The molecule has 2 aromatic rings. The number of hydrogen-bond acceptors (Lipinski definition) is 9. The minimum absolute atomic E-state index is 0.0542. The summed E-state index contributed by atoms with van der Waals surface area (Å²) < 4.78 is 6.31. The first-order chi connectivity index (χ1) is 21.0. The lowest BCUT2D eigenvalue weighted by Crippen LogP contribution is -2.69. The van der Waals surface area contributed by atoms with Gasteiger partial charge >= 0.3 is 0 Å². The van der Waals surface area contributed by atoms with E-state index in [0.717, 1.165) is 36.6 Å². The molecule has 0 aromatic heterocycles. The van der Waals surface area contributed by atoms with Gasteiger partial charge in [-0.3, -0.25) is 19.3 Å². The van der Waals surface area contributed by atoms with Gasteiger partial charge in [-0.1, -0.05) is 31.0 Å². The summed E-state index contributed by atoms with van der Waals surface area (Å²) in [4.78, 5) is 42.2. The van der Waals surface area contributed by atoms with E-state index in [1.165, 1.54) is 12.8 Å². The smallest absolute Gasteiger partial charge is 0.233 e. The molecular formula is C34H40N4O6. The fraction of sp³-hybridized carbons (Fsp3) is 0.529. The number of nitrogens with two attached hydrogens (primary N) is 1. The Balaban J connectivity index is 1.35. The van der Waals surface area contributed by atoms with Crippen molar-refractivity contribution in [1.29, 1.82) is 5.41 Å². The fourth-order valence-electron chi connectivity index (χ4n) is 8.24. The third-order valence-corrected chi connectivity index (χ3v) is 10.5. The minimum atomic E-state index is -2.17. The third kappa shape index (κ3) is 4.41. The van der Waals surface area contributed by atoms with Gasteiger partial charge in [-0.15, -0.1) is 0 Å². The van der Waals surface area contributed by atoms with Crippen molar-refractivity contribution in [2.75, 3.05) is 14.1 Å². The van der Waals surface area contributed by atoms with Crippen LogP contribution in [0.3, 0.4) is 0 Å². The van der Waals surface area contributed by atoms with Gasteiger partial charge in [0.1, 0.15) is 17.4 Å². The van der Waals surface area contributed by atoms with Crippen LogP contribution in [0.4, 0.5) is 0 Å². The summed E-state index contributed by atoms with van der Waals surface area (Å²) in [6.07, 6.45) is 6.62. The predicted molar refractivity (Wildman–Crippen MR) is 163 cm³/mol. The van der Waals surface area contributed by atoms with Gasteiger partial charge in [-0.2, -0.15) is 0 Å². The van der Waals surface area contributed by atoms with Crippen LogP contribution in [0.15, 0.2) is 35.6 Å². The molecule has 2 aromatic carbocycles. The number of ether oxygens (including phenoxy) is 1. The van der Waals surface area contributed by atoms with Crippen molar-refractivity contribution in [2.45, 2.75) is 81.7 Å². The van der Waals surface area contributed by atoms with Crippen molar-refractivity contribution in [3.63, 3.8) is 0 Å². The van der Waals surface area contributed by atoms with Gasteiger partial charge in [0, 0.05) is 29.5 Å². The molecule has 3 fully saturated rings. The molecule has 6 N–H and O–H groups in total. The van der Waals surface area contributed by atoms with Crippen molar-refractivity contribution in [1.82, 2.24) is 10.2 Å². The molecule has 0 aliphatic heterocycles. The molecule has 0 saturated heterocycles. The van der Waals surface area contributed by atoms with E-state index < -0.39 is 52.6 Å². The third-order valence-electron chi connectivity index (χ3n) is 10.5. The number of phenols is 1. The number of nitrogens with zero attached hydrogens (tertiary/aromatic N) is 1. The van der Waals surface area contributed by atoms with Crippen LogP contribution in [0.25, 0.3) is 10.8 Å². The van der Waals surface area contributed by atoms with Gasteiger partial charge in [0.15, 0.2) is 17.2 Å². The SMILES string of the molecule is CN(C)C1C(=O)C(C(N)=O)C(=N)C2(O)C(OC3CC3)=C3C(=O)c4c(cc5ccc(CNC6CCCC6)cc5c4O)CC3CC12. The number of Topliss-reactive ketones (excluding diaryl/α,β-unsaturated/α-hetero) is 2. The Morgan fingerprint density at radius 2 is 1.89 bits per heavy atom. The monoisotopic (exact) mass is 600 g/mol. The molecule has 5 atom stereocenters. The molecule has 44 heavy (non-hydrogen) atoms. The van der Waals surface area contributed by atoms with Crippen molar-refractivity contribution < 1.29 is 29.3 Å². The first-order valence-electron chi connectivity index (χ1n) is 15.8. The number of hydrogen-bond donors (Lipinski definition) is 5. The summed E-state index contributed by atoms with van der Waals surface area (Å²) in [6, 6.07) is 7.48. The van der Waals surface area contributed by atoms with E-state index in [2.05, 4.69) is 5.32 Å². The summed E-state index contributed by atoms with van der Waals surface area (Å²) in [6.45, 7) is 0.668. The van der Waals surface area contributed by atoms with Crippen molar-refractivity contribution in [3.05, 3.63) is 52.3 Å². The fourth-order valence-corrected chi connectivity index (χ4v) is 8.24. The number of ketones is 2. The number of rotatable bonds is 7. The van der Waals surface area contributed by atoms with E-state index in [-0.39, 0.29) is 35.2 Å². The molecule has 10 heteroatoms. The molecule has 5 aliphatic carbocycles. The Bertz CT molecular complexity index is 1640. The zero-order chi connectivity index (χ0) is 31.1.